The van der Waals surface area contributed by atoms with E-state index in [1.807, 2.05) is 12.2 Å². The number of hydrogen-bond donors (Lipinski definition) is 0. The van der Waals surface area contributed by atoms with E-state index in [1.165, 1.54) is 0 Å². The standard InChI is InChI=1S/C16H12O6/c17-13-8-4-2-5-6-1-3-7(9(5)12(8)16(20)21-13)11-10(6)14(18)22-15(11)19/h1,3-7,9-12H,2H2. The number of fused-ring (bicyclic) bond motifs is 1. The van der Waals surface area contributed by atoms with Crippen LogP contribution in [0.4, 0.5) is 0 Å². The second-order valence-electron chi connectivity index (χ2n) is 6.65. The molecule has 2 aliphatic heterocycles. The lowest BCUT2D eigenvalue weighted by atomic mass is 9.49. The van der Waals surface area contributed by atoms with Crippen LogP contribution in [0.3, 0.4) is 0 Å². The van der Waals surface area contributed by atoms with Gasteiger partial charge in [0.15, 0.2) is 0 Å². The SMILES string of the molecule is O=C1OC(=O)C2C1=CCC1C3C=CC(C4C(=O)OC(=O)C34)C21. The highest BCUT2D eigenvalue weighted by molar-refractivity contribution is 6.08. The van der Waals surface area contributed by atoms with Gasteiger partial charge in [0.05, 0.1) is 17.8 Å². The summed E-state index contributed by atoms with van der Waals surface area (Å²) in [4.78, 5) is 47.9. The predicted octanol–water partition coefficient (Wildman–Crippen LogP) is 0.380. The molecule has 2 bridgehead atoms. The van der Waals surface area contributed by atoms with Gasteiger partial charge in [-0.25, -0.2) is 4.79 Å². The van der Waals surface area contributed by atoms with Gasteiger partial charge in [0.1, 0.15) is 0 Å². The largest absolute Gasteiger partial charge is 0.393 e. The van der Waals surface area contributed by atoms with Gasteiger partial charge in [0, 0.05) is 5.57 Å². The number of carbonyl (C=O) groups is 4. The van der Waals surface area contributed by atoms with Crippen LogP contribution >= 0.6 is 0 Å². The number of ether oxygens (including phenoxy) is 2. The maximum Gasteiger partial charge on any atom is 0.342 e. The molecule has 6 heteroatoms. The van der Waals surface area contributed by atoms with Crippen molar-refractivity contribution in [3.05, 3.63) is 23.8 Å². The Balaban J connectivity index is 1.65. The van der Waals surface area contributed by atoms with E-state index in [-0.39, 0.29) is 23.7 Å². The first-order chi connectivity index (χ1) is 10.6. The molecule has 22 heavy (non-hydrogen) atoms. The van der Waals surface area contributed by atoms with Gasteiger partial charge in [-0.15, -0.1) is 0 Å². The van der Waals surface area contributed by atoms with Crippen LogP contribution in [0.25, 0.3) is 0 Å². The fraction of sp³-hybridized carbons (Fsp3) is 0.500. The zero-order valence-corrected chi connectivity index (χ0v) is 11.4. The normalized spacial score (nSPS) is 47.6. The fourth-order valence-corrected chi connectivity index (χ4v) is 5.23. The molecule has 6 aliphatic rings. The third kappa shape index (κ3) is 1.23. The number of rotatable bonds is 0. The van der Waals surface area contributed by atoms with Crippen molar-refractivity contribution in [2.45, 2.75) is 6.42 Å². The molecule has 7 unspecified atom stereocenters. The van der Waals surface area contributed by atoms with Gasteiger partial charge in [0.2, 0.25) is 0 Å². The van der Waals surface area contributed by atoms with E-state index in [1.54, 1.807) is 6.08 Å². The molecular formula is C16H12O6. The molecule has 0 radical (unpaired) electrons. The summed E-state index contributed by atoms with van der Waals surface area (Å²) in [6, 6.07) is 0. The Kier molecular flexibility index (Phi) is 2.10. The van der Waals surface area contributed by atoms with Gasteiger partial charge in [-0.05, 0) is 30.1 Å². The number of allylic oxidation sites excluding steroid dienone is 3. The Morgan fingerprint density at radius 3 is 2.32 bits per heavy atom. The number of carbonyl (C=O) groups excluding carboxylic acids is 4. The molecule has 6 rings (SSSR count). The van der Waals surface area contributed by atoms with Crippen molar-refractivity contribution < 1.29 is 28.7 Å². The van der Waals surface area contributed by atoms with Crippen molar-refractivity contribution in [2.24, 2.45) is 41.4 Å². The molecule has 6 nitrogen and oxygen atoms in total. The van der Waals surface area contributed by atoms with Gasteiger partial charge in [-0.1, -0.05) is 18.2 Å². The van der Waals surface area contributed by atoms with E-state index < -0.39 is 41.6 Å². The van der Waals surface area contributed by atoms with Crippen LogP contribution in [0, 0.1) is 41.4 Å². The zero-order valence-electron chi connectivity index (χ0n) is 11.4. The van der Waals surface area contributed by atoms with Crippen LogP contribution in [-0.4, -0.2) is 23.9 Å². The molecule has 0 N–H and O–H groups in total. The lowest BCUT2D eigenvalue weighted by Crippen LogP contribution is -2.53. The molecule has 2 saturated heterocycles. The maximum atomic E-state index is 12.1. The molecule has 1 saturated carbocycles. The average Bonchev–Trinajstić information content (AvgIpc) is 2.98. The first kappa shape index (κ1) is 12.3. The van der Waals surface area contributed by atoms with Crippen LogP contribution in [0.2, 0.25) is 0 Å². The van der Waals surface area contributed by atoms with Crippen LogP contribution in [0.5, 0.6) is 0 Å². The second kappa shape index (κ2) is 3.74. The summed E-state index contributed by atoms with van der Waals surface area (Å²) in [5, 5.41) is 0. The van der Waals surface area contributed by atoms with Gasteiger partial charge in [-0.3, -0.25) is 14.4 Å². The number of esters is 4. The van der Waals surface area contributed by atoms with E-state index in [4.69, 9.17) is 9.47 Å². The summed E-state index contributed by atoms with van der Waals surface area (Å²) >= 11 is 0. The highest BCUT2D eigenvalue weighted by atomic mass is 16.6. The van der Waals surface area contributed by atoms with Crippen molar-refractivity contribution in [2.75, 3.05) is 0 Å². The van der Waals surface area contributed by atoms with E-state index in [0.29, 0.717) is 12.0 Å². The van der Waals surface area contributed by atoms with Crippen LogP contribution in [0.15, 0.2) is 23.8 Å². The summed E-state index contributed by atoms with van der Waals surface area (Å²) in [5.41, 5.74) is 0.418. The number of hydrogen-bond acceptors (Lipinski definition) is 6. The second-order valence-corrected chi connectivity index (χ2v) is 6.65. The van der Waals surface area contributed by atoms with Gasteiger partial charge in [0.25, 0.3) is 0 Å². The minimum absolute atomic E-state index is 0.0712. The van der Waals surface area contributed by atoms with E-state index in [9.17, 15) is 19.2 Å². The minimum atomic E-state index is -0.604. The monoisotopic (exact) mass is 300 g/mol. The lowest BCUT2D eigenvalue weighted by molar-refractivity contribution is -0.156. The quantitative estimate of drug-likeness (QED) is 0.365. The first-order valence-electron chi connectivity index (χ1n) is 7.48. The predicted molar refractivity (Wildman–Crippen MR) is 68.5 cm³/mol. The zero-order chi connectivity index (χ0) is 15.2. The van der Waals surface area contributed by atoms with Crippen LogP contribution in [0.1, 0.15) is 6.42 Å². The third-order valence-electron chi connectivity index (χ3n) is 5.96. The molecule has 2 heterocycles. The maximum absolute atomic E-state index is 12.1. The number of cyclic esters (lactones) is 4. The molecule has 0 aromatic carbocycles. The lowest BCUT2D eigenvalue weighted by Gasteiger charge is -2.51. The molecule has 0 amide bonds. The summed E-state index contributed by atoms with van der Waals surface area (Å²) in [7, 11) is 0. The molecule has 112 valence electrons. The van der Waals surface area contributed by atoms with E-state index >= 15 is 0 Å². The molecule has 3 fully saturated rings. The van der Waals surface area contributed by atoms with Crippen LogP contribution < -0.4 is 0 Å². The summed E-state index contributed by atoms with van der Waals surface area (Å²) in [6.07, 6.45) is 6.29. The molecule has 4 aliphatic carbocycles. The van der Waals surface area contributed by atoms with Crippen molar-refractivity contribution in [3.63, 3.8) is 0 Å². The summed E-state index contributed by atoms with van der Waals surface area (Å²) < 4.78 is 9.61. The highest BCUT2D eigenvalue weighted by Gasteiger charge is 2.65. The molecule has 7 atom stereocenters. The van der Waals surface area contributed by atoms with Gasteiger partial charge in [-0.2, -0.15) is 0 Å². The first-order valence-corrected chi connectivity index (χ1v) is 7.48. The average molecular weight is 300 g/mol. The topological polar surface area (TPSA) is 86.7 Å². The smallest absolute Gasteiger partial charge is 0.342 e. The van der Waals surface area contributed by atoms with Gasteiger partial charge >= 0.3 is 23.9 Å². The highest BCUT2D eigenvalue weighted by Crippen LogP contribution is 2.60. The Bertz CT molecular complexity index is 716. The van der Waals surface area contributed by atoms with Gasteiger partial charge < -0.3 is 9.47 Å². The van der Waals surface area contributed by atoms with E-state index in [2.05, 4.69) is 0 Å². The van der Waals surface area contributed by atoms with Crippen molar-refractivity contribution >= 4 is 23.9 Å². The summed E-state index contributed by atoms with van der Waals surface area (Å²) in [5.74, 6) is -4.05. The Labute approximate surface area is 125 Å². The fourth-order valence-electron chi connectivity index (χ4n) is 5.23. The summed E-state index contributed by atoms with van der Waals surface area (Å²) in [6.45, 7) is 0. The van der Waals surface area contributed by atoms with E-state index in [0.717, 1.165) is 0 Å². The Hall–Kier alpha value is -2.24. The van der Waals surface area contributed by atoms with Crippen LogP contribution in [-0.2, 0) is 28.7 Å². The Morgan fingerprint density at radius 1 is 0.864 bits per heavy atom. The molecule has 0 aromatic heterocycles. The molecule has 0 spiro atoms. The third-order valence-corrected chi connectivity index (χ3v) is 5.96. The van der Waals surface area contributed by atoms with Crippen molar-refractivity contribution in [1.82, 2.24) is 0 Å². The Morgan fingerprint density at radius 2 is 1.55 bits per heavy atom. The van der Waals surface area contributed by atoms with Crippen molar-refractivity contribution in [3.8, 4) is 0 Å². The molecule has 0 aromatic rings. The van der Waals surface area contributed by atoms with Crippen molar-refractivity contribution in [1.29, 1.82) is 0 Å². The molecular weight excluding hydrogens is 288 g/mol. The minimum Gasteiger partial charge on any atom is -0.393 e.